The summed E-state index contributed by atoms with van der Waals surface area (Å²) in [7, 11) is 0. The highest BCUT2D eigenvalue weighted by Gasteiger charge is 2.26. The number of halogens is 1. The molecule has 0 spiro atoms. The summed E-state index contributed by atoms with van der Waals surface area (Å²) in [6.07, 6.45) is 2.40. The summed E-state index contributed by atoms with van der Waals surface area (Å²) in [5.41, 5.74) is 2.85. The van der Waals surface area contributed by atoms with Crippen LogP contribution in [0, 0.1) is 5.92 Å². The zero-order valence-electron chi connectivity index (χ0n) is 11.6. The minimum Gasteiger partial charge on any atom is -0.316 e. The first kappa shape index (κ1) is 13.7. The standard InChI is InChI=1S/C18H20ClN/c19-17-8-6-15(7-9-17)18-13-20-11-10-16(18)12-14-4-2-1-3-5-14/h1-9,16,18,20H,10-13H2/t16?,18-/m1/s1. The molecule has 2 atom stereocenters. The summed E-state index contributed by atoms with van der Waals surface area (Å²) in [6, 6.07) is 19.2. The van der Waals surface area contributed by atoms with Gasteiger partial charge in [0.05, 0.1) is 0 Å². The zero-order valence-corrected chi connectivity index (χ0v) is 12.3. The van der Waals surface area contributed by atoms with Crippen molar-refractivity contribution in [3.8, 4) is 0 Å². The highest BCUT2D eigenvalue weighted by atomic mass is 35.5. The van der Waals surface area contributed by atoms with Crippen molar-refractivity contribution in [2.24, 2.45) is 5.92 Å². The molecule has 2 aromatic carbocycles. The fourth-order valence-corrected chi connectivity index (χ4v) is 3.30. The second kappa shape index (κ2) is 6.43. The van der Waals surface area contributed by atoms with Crippen molar-refractivity contribution in [1.29, 1.82) is 0 Å². The van der Waals surface area contributed by atoms with Gasteiger partial charge in [0, 0.05) is 11.6 Å². The van der Waals surface area contributed by atoms with Crippen LogP contribution in [0.5, 0.6) is 0 Å². The van der Waals surface area contributed by atoms with Crippen molar-refractivity contribution >= 4 is 11.6 Å². The Bertz CT molecular complexity index is 535. The van der Waals surface area contributed by atoms with Crippen molar-refractivity contribution in [2.75, 3.05) is 13.1 Å². The van der Waals surface area contributed by atoms with Crippen LogP contribution in [0.1, 0.15) is 23.5 Å². The molecule has 20 heavy (non-hydrogen) atoms. The van der Waals surface area contributed by atoms with Gasteiger partial charge < -0.3 is 5.32 Å². The lowest BCUT2D eigenvalue weighted by molar-refractivity contribution is 0.322. The molecule has 0 aromatic heterocycles. The highest BCUT2D eigenvalue weighted by Crippen LogP contribution is 2.32. The minimum absolute atomic E-state index is 0.584. The first-order chi connectivity index (χ1) is 9.83. The third-order valence-electron chi connectivity index (χ3n) is 4.26. The topological polar surface area (TPSA) is 12.0 Å². The molecule has 1 fully saturated rings. The van der Waals surface area contributed by atoms with Gasteiger partial charge in [-0.25, -0.2) is 0 Å². The molecule has 1 aliphatic heterocycles. The molecular formula is C18H20ClN. The van der Waals surface area contributed by atoms with E-state index in [1.165, 1.54) is 17.5 Å². The quantitative estimate of drug-likeness (QED) is 0.888. The largest absolute Gasteiger partial charge is 0.316 e. The Balaban J connectivity index is 1.78. The van der Waals surface area contributed by atoms with Crippen molar-refractivity contribution < 1.29 is 0 Å². The van der Waals surface area contributed by atoms with E-state index >= 15 is 0 Å². The number of hydrogen-bond donors (Lipinski definition) is 1. The van der Waals surface area contributed by atoms with Crippen molar-refractivity contribution in [1.82, 2.24) is 5.32 Å². The molecule has 1 unspecified atom stereocenters. The van der Waals surface area contributed by atoms with Crippen LogP contribution in [-0.2, 0) is 6.42 Å². The van der Waals surface area contributed by atoms with Gasteiger partial charge in [0.1, 0.15) is 0 Å². The van der Waals surface area contributed by atoms with E-state index in [4.69, 9.17) is 11.6 Å². The molecule has 1 heterocycles. The summed E-state index contributed by atoms with van der Waals surface area (Å²) in [6.45, 7) is 2.20. The van der Waals surface area contributed by atoms with E-state index < -0.39 is 0 Å². The van der Waals surface area contributed by atoms with E-state index in [0.717, 1.165) is 24.5 Å². The van der Waals surface area contributed by atoms with Crippen LogP contribution in [0.3, 0.4) is 0 Å². The summed E-state index contributed by atoms with van der Waals surface area (Å²) in [4.78, 5) is 0. The fourth-order valence-electron chi connectivity index (χ4n) is 3.17. The van der Waals surface area contributed by atoms with Gasteiger partial charge in [0.25, 0.3) is 0 Å². The van der Waals surface area contributed by atoms with Crippen LogP contribution in [0.2, 0.25) is 5.02 Å². The normalized spacial score (nSPS) is 22.6. The van der Waals surface area contributed by atoms with Gasteiger partial charge in [-0.05, 0) is 54.5 Å². The Hall–Kier alpha value is -1.31. The summed E-state index contributed by atoms with van der Waals surface area (Å²) >= 11 is 6.00. The second-order valence-electron chi connectivity index (χ2n) is 5.60. The lowest BCUT2D eigenvalue weighted by atomic mass is 9.78. The first-order valence-corrected chi connectivity index (χ1v) is 7.71. The number of benzene rings is 2. The van der Waals surface area contributed by atoms with Crippen LogP contribution >= 0.6 is 11.6 Å². The molecule has 104 valence electrons. The van der Waals surface area contributed by atoms with Gasteiger partial charge in [-0.1, -0.05) is 54.1 Å². The summed E-state index contributed by atoms with van der Waals surface area (Å²) in [5, 5.41) is 4.35. The molecule has 1 saturated heterocycles. The van der Waals surface area contributed by atoms with Gasteiger partial charge in [0.15, 0.2) is 0 Å². The van der Waals surface area contributed by atoms with Gasteiger partial charge >= 0.3 is 0 Å². The van der Waals surface area contributed by atoms with E-state index in [1.807, 2.05) is 12.1 Å². The molecule has 2 heteroatoms. The third kappa shape index (κ3) is 3.23. The molecule has 3 rings (SSSR count). The average Bonchev–Trinajstić information content (AvgIpc) is 2.50. The Morgan fingerprint density at radius 3 is 2.50 bits per heavy atom. The summed E-state index contributed by atoms with van der Waals surface area (Å²) < 4.78 is 0. The molecule has 1 aliphatic rings. The van der Waals surface area contributed by atoms with Crippen LogP contribution in [-0.4, -0.2) is 13.1 Å². The number of hydrogen-bond acceptors (Lipinski definition) is 1. The molecule has 0 bridgehead atoms. The molecule has 0 radical (unpaired) electrons. The van der Waals surface area contributed by atoms with Crippen LogP contribution < -0.4 is 5.32 Å². The van der Waals surface area contributed by atoms with E-state index in [-0.39, 0.29) is 0 Å². The van der Waals surface area contributed by atoms with Crippen LogP contribution in [0.25, 0.3) is 0 Å². The first-order valence-electron chi connectivity index (χ1n) is 7.33. The lowest BCUT2D eigenvalue weighted by Crippen LogP contribution is -2.36. The van der Waals surface area contributed by atoms with E-state index in [2.05, 4.69) is 47.8 Å². The Kier molecular flexibility index (Phi) is 4.39. The molecule has 0 amide bonds. The molecular weight excluding hydrogens is 266 g/mol. The Morgan fingerprint density at radius 2 is 1.75 bits per heavy atom. The lowest BCUT2D eigenvalue weighted by Gasteiger charge is -2.33. The smallest absolute Gasteiger partial charge is 0.0406 e. The molecule has 1 nitrogen and oxygen atoms in total. The maximum absolute atomic E-state index is 6.00. The van der Waals surface area contributed by atoms with E-state index in [1.54, 1.807) is 0 Å². The average molecular weight is 286 g/mol. The SMILES string of the molecule is Clc1ccc([C@H]2CNCCC2Cc2ccccc2)cc1. The number of rotatable bonds is 3. The maximum atomic E-state index is 6.00. The van der Waals surface area contributed by atoms with Crippen molar-refractivity contribution in [2.45, 2.75) is 18.8 Å². The Morgan fingerprint density at radius 1 is 1.00 bits per heavy atom. The van der Waals surface area contributed by atoms with E-state index in [9.17, 15) is 0 Å². The molecule has 2 aromatic rings. The Labute approximate surface area is 126 Å². The minimum atomic E-state index is 0.584. The van der Waals surface area contributed by atoms with Crippen LogP contribution in [0.4, 0.5) is 0 Å². The number of piperidine rings is 1. The van der Waals surface area contributed by atoms with Crippen molar-refractivity contribution in [3.63, 3.8) is 0 Å². The predicted octanol–water partition coefficient (Wildman–Crippen LogP) is 4.28. The van der Waals surface area contributed by atoms with Gasteiger partial charge in [-0.15, -0.1) is 0 Å². The van der Waals surface area contributed by atoms with Gasteiger partial charge in [-0.3, -0.25) is 0 Å². The molecule has 0 aliphatic carbocycles. The predicted molar refractivity (Wildman–Crippen MR) is 85.3 cm³/mol. The maximum Gasteiger partial charge on any atom is 0.0406 e. The number of nitrogens with one attached hydrogen (secondary N) is 1. The fraction of sp³-hybridized carbons (Fsp3) is 0.333. The van der Waals surface area contributed by atoms with Crippen LogP contribution in [0.15, 0.2) is 54.6 Å². The zero-order chi connectivity index (χ0) is 13.8. The second-order valence-corrected chi connectivity index (χ2v) is 6.04. The third-order valence-corrected chi connectivity index (χ3v) is 4.52. The van der Waals surface area contributed by atoms with Gasteiger partial charge in [-0.2, -0.15) is 0 Å². The van der Waals surface area contributed by atoms with Crippen molar-refractivity contribution in [3.05, 3.63) is 70.7 Å². The summed E-state index contributed by atoms with van der Waals surface area (Å²) in [5.74, 6) is 1.29. The van der Waals surface area contributed by atoms with E-state index in [0.29, 0.717) is 11.8 Å². The highest BCUT2D eigenvalue weighted by molar-refractivity contribution is 6.30. The molecule has 1 N–H and O–H groups in total. The van der Waals surface area contributed by atoms with Gasteiger partial charge in [0.2, 0.25) is 0 Å². The monoisotopic (exact) mass is 285 g/mol. The molecule has 0 saturated carbocycles.